The van der Waals surface area contributed by atoms with Crippen molar-refractivity contribution >= 4 is 23.1 Å². The molecule has 0 saturated carbocycles. The standard InChI is InChI=1S/C14H15N5O/c1-15-8-13-16-5-4-12(19-13)17-10-2-3-11-9(6-10)7-14(20)18-11/h2-6,15H,7-8H2,1H3,(H,18,20)(H,16,17,19). The van der Waals surface area contributed by atoms with Crippen LogP contribution in [0, 0.1) is 0 Å². The molecule has 6 heteroatoms. The van der Waals surface area contributed by atoms with Gasteiger partial charge in [-0.25, -0.2) is 9.97 Å². The van der Waals surface area contributed by atoms with Crippen LogP contribution in [0.4, 0.5) is 17.2 Å². The summed E-state index contributed by atoms with van der Waals surface area (Å²) in [5, 5.41) is 9.06. The summed E-state index contributed by atoms with van der Waals surface area (Å²) in [7, 11) is 1.86. The average molecular weight is 269 g/mol. The van der Waals surface area contributed by atoms with E-state index < -0.39 is 0 Å². The monoisotopic (exact) mass is 269 g/mol. The van der Waals surface area contributed by atoms with Crippen LogP contribution >= 0.6 is 0 Å². The van der Waals surface area contributed by atoms with Crippen molar-refractivity contribution in [2.75, 3.05) is 17.7 Å². The molecule has 0 radical (unpaired) electrons. The molecule has 1 aromatic carbocycles. The highest BCUT2D eigenvalue weighted by Crippen LogP contribution is 2.27. The molecule has 3 N–H and O–H groups in total. The normalized spacial score (nSPS) is 12.9. The molecule has 0 aliphatic carbocycles. The van der Waals surface area contributed by atoms with Gasteiger partial charge in [0, 0.05) is 17.6 Å². The zero-order valence-electron chi connectivity index (χ0n) is 11.1. The number of rotatable bonds is 4. The van der Waals surface area contributed by atoms with Gasteiger partial charge in [0.25, 0.3) is 0 Å². The van der Waals surface area contributed by atoms with Crippen molar-refractivity contribution in [3.63, 3.8) is 0 Å². The van der Waals surface area contributed by atoms with E-state index in [1.807, 2.05) is 31.3 Å². The molecule has 1 aliphatic heterocycles. The van der Waals surface area contributed by atoms with Crippen molar-refractivity contribution in [3.05, 3.63) is 41.9 Å². The Hall–Kier alpha value is -2.47. The molecule has 0 fully saturated rings. The van der Waals surface area contributed by atoms with E-state index in [1.165, 1.54) is 0 Å². The number of hydrogen-bond acceptors (Lipinski definition) is 5. The van der Waals surface area contributed by atoms with E-state index in [0.717, 1.165) is 28.6 Å². The van der Waals surface area contributed by atoms with Crippen molar-refractivity contribution in [3.8, 4) is 0 Å². The van der Waals surface area contributed by atoms with E-state index in [2.05, 4.69) is 25.9 Å². The lowest BCUT2D eigenvalue weighted by atomic mass is 10.1. The van der Waals surface area contributed by atoms with Crippen LogP contribution in [0.3, 0.4) is 0 Å². The van der Waals surface area contributed by atoms with Crippen LogP contribution in [0.1, 0.15) is 11.4 Å². The predicted molar refractivity (Wildman–Crippen MR) is 76.9 cm³/mol. The largest absolute Gasteiger partial charge is 0.340 e. The second-order valence-electron chi connectivity index (χ2n) is 4.61. The highest BCUT2D eigenvalue weighted by Gasteiger charge is 2.17. The van der Waals surface area contributed by atoms with Crippen LogP contribution in [0.2, 0.25) is 0 Å². The Kier molecular flexibility index (Phi) is 3.30. The van der Waals surface area contributed by atoms with Gasteiger partial charge in [0.05, 0.1) is 13.0 Å². The van der Waals surface area contributed by atoms with Crippen LogP contribution in [0.5, 0.6) is 0 Å². The average Bonchev–Trinajstić information content (AvgIpc) is 2.79. The van der Waals surface area contributed by atoms with Crippen molar-refractivity contribution in [1.29, 1.82) is 0 Å². The first-order valence-electron chi connectivity index (χ1n) is 6.41. The third kappa shape index (κ3) is 2.60. The molecular weight excluding hydrogens is 254 g/mol. The molecule has 20 heavy (non-hydrogen) atoms. The van der Waals surface area contributed by atoms with Gasteiger partial charge in [-0.05, 0) is 36.9 Å². The molecular formula is C14H15N5O. The number of aromatic nitrogens is 2. The van der Waals surface area contributed by atoms with Crippen molar-refractivity contribution in [2.45, 2.75) is 13.0 Å². The second-order valence-corrected chi connectivity index (χ2v) is 4.61. The fraction of sp³-hybridized carbons (Fsp3) is 0.214. The Morgan fingerprint density at radius 1 is 1.35 bits per heavy atom. The van der Waals surface area contributed by atoms with Crippen molar-refractivity contribution < 1.29 is 4.79 Å². The lowest BCUT2D eigenvalue weighted by molar-refractivity contribution is -0.115. The van der Waals surface area contributed by atoms with Gasteiger partial charge in [-0.15, -0.1) is 0 Å². The Labute approximate surface area is 116 Å². The van der Waals surface area contributed by atoms with Crippen LogP contribution in [0.15, 0.2) is 30.5 Å². The van der Waals surface area contributed by atoms with E-state index in [0.29, 0.717) is 13.0 Å². The smallest absolute Gasteiger partial charge is 0.228 e. The van der Waals surface area contributed by atoms with Crippen molar-refractivity contribution in [1.82, 2.24) is 15.3 Å². The van der Waals surface area contributed by atoms with E-state index in [9.17, 15) is 4.79 Å². The molecule has 102 valence electrons. The number of anilines is 3. The SMILES string of the molecule is CNCc1nccc(Nc2ccc3c(c2)CC(=O)N3)n1. The topological polar surface area (TPSA) is 78.9 Å². The number of amides is 1. The maximum absolute atomic E-state index is 11.3. The van der Waals surface area contributed by atoms with Gasteiger partial charge in [0.1, 0.15) is 11.6 Å². The fourth-order valence-electron chi connectivity index (χ4n) is 2.17. The Balaban J connectivity index is 1.80. The quantitative estimate of drug-likeness (QED) is 0.782. The number of carbonyl (C=O) groups excluding carboxylic acids is 1. The molecule has 6 nitrogen and oxygen atoms in total. The Morgan fingerprint density at radius 3 is 3.10 bits per heavy atom. The number of carbonyl (C=O) groups is 1. The van der Waals surface area contributed by atoms with Gasteiger partial charge in [-0.1, -0.05) is 0 Å². The summed E-state index contributed by atoms with van der Waals surface area (Å²) in [6.45, 7) is 0.623. The van der Waals surface area contributed by atoms with Gasteiger partial charge in [-0.2, -0.15) is 0 Å². The number of hydrogen-bond donors (Lipinski definition) is 3. The van der Waals surface area contributed by atoms with Gasteiger partial charge in [-0.3, -0.25) is 4.79 Å². The maximum atomic E-state index is 11.3. The summed E-state index contributed by atoms with van der Waals surface area (Å²) < 4.78 is 0. The molecule has 0 atom stereocenters. The summed E-state index contributed by atoms with van der Waals surface area (Å²) in [4.78, 5) is 19.9. The summed E-state index contributed by atoms with van der Waals surface area (Å²) in [5.41, 5.74) is 2.80. The molecule has 1 amide bonds. The molecule has 0 bridgehead atoms. The van der Waals surface area contributed by atoms with Crippen LogP contribution in [-0.2, 0) is 17.8 Å². The van der Waals surface area contributed by atoms with Crippen LogP contribution in [-0.4, -0.2) is 22.9 Å². The predicted octanol–water partition coefficient (Wildman–Crippen LogP) is 1.43. The highest BCUT2D eigenvalue weighted by atomic mass is 16.1. The van der Waals surface area contributed by atoms with E-state index in [4.69, 9.17) is 0 Å². The zero-order chi connectivity index (χ0) is 13.9. The highest BCUT2D eigenvalue weighted by molar-refractivity contribution is 5.99. The summed E-state index contributed by atoms with van der Waals surface area (Å²) in [6.07, 6.45) is 2.15. The minimum absolute atomic E-state index is 0.0375. The first kappa shape index (κ1) is 12.6. The minimum atomic E-state index is 0.0375. The third-order valence-corrected chi connectivity index (χ3v) is 3.04. The number of fused-ring (bicyclic) bond motifs is 1. The third-order valence-electron chi connectivity index (χ3n) is 3.04. The van der Waals surface area contributed by atoms with E-state index in [1.54, 1.807) is 6.20 Å². The summed E-state index contributed by atoms with van der Waals surface area (Å²) in [5.74, 6) is 1.51. The number of benzene rings is 1. The van der Waals surface area contributed by atoms with Crippen LogP contribution in [0.25, 0.3) is 0 Å². The molecule has 1 aliphatic rings. The van der Waals surface area contributed by atoms with Gasteiger partial charge in [0.2, 0.25) is 5.91 Å². The summed E-state index contributed by atoms with van der Waals surface area (Å²) >= 11 is 0. The minimum Gasteiger partial charge on any atom is -0.340 e. The Morgan fingerprint density at radius 2 is 2.25 bits per heavy atom. The van der Waals surface area contributed by atoms with Gasteiger partial charge < -0.3 is 16.0 Å². The Bertz CT molecular complexity index is 656. The molecule has 2 aromatic rings. The van der Waals surface area contributed by atoms with E-state index >= 15 is 0 Å². The van der Waals surface area contributed by atoms with Gasteiger partial charge >= 0.3 is 0 Å². The lowest BCUT2D eigenvalue weighted by Gasteiger charge is -2.08. The van der Waals surface area contributed by atoms with Crippen molar-refractivity contribution in [2.24, 2.45) is 0 Å². The molecule has 0 spiro atoms. The van der Waals surface area contributed by atoms with E-state index in [-0.39, 0.29) is 5.91 Å². The molecule has 3 rings (SSSR count). The van der Waals surface area contributed by atoms with Gasteiger partial charge in [0.15, 0.2) is 0 Å². The fourth-order valence-corrected chi connectivity index (χ4v) is 2.17. The maximum Gasteiger partial charge on any atom is 0.228 e. The molecule has 0 unspecified atom stereocenters. The molecule has 1 aromatic heterocycles. The lowest BCUT2D eigenvalue weighted by Crippen LogP contribution is -2.09. The second kappa shape index (κ2) is 5.26. The first-order chi connectivity index (χ1) is 9.74. The number of nitrogens with zero attached hydrogens (tertiary/aromatic N) is 2. The first-order valence-corrected chi connectivity index (χ1v) is 6.41. The molecule has 2 heterocycles. The van der Waals surface area contributed by atoms with Crippen LogP contribution < -0.4 is 16.0 Å². The summed E-state index contributed by atoms with van der Waals surface area (Å²) in [6, 6.07) is 7.60. The molecule has 0 saturated heterocycles. The number of nitrogens with one attached hydrogen (secondary N) is 3. The zero-order valence-corrected chi connectivity index (χ0v) is 11.1.